The highest BCUT2D eigenvalue weighted by atomic mass is 32.2. The van der Waals surface area contributed by atoms with Gasteiger partial charge in [0.05, 0.1) is 0 Å². The van der Waals surface area contributed by atoms with Gasteiger partial charge in [-0.15, -0.1) is 0 Å². The number of carboxylic acid groups (broad SMARTS) is 1. The molecule has 0 unspecified atom stereocenters. The van der Waals surface area contributed by atoms with Crippen molar-refractivity contribution in [2.45, 2.75) is 52.2 Å². The lowest BCUT2D eigenvalue weighted by Crippen LogP contribution is -2.75. The van der Waals surface area contributed by atoms with E-state index >= 15 is 0 Å². The summed E-state index contributed by atoms with van der Waals surface area (Å²) >= 11 is 0. The molecule has 0 saturated heterocycles. The van der Waals surface area contributed by atoms with Crippen molar-refractivity contribution in [2.75, 3.05) is 0 Å². The minimum atomic E-state index is -9.21. The highest BCUT2D eigenvalue weighted by Crippen LogP contribution is 2.64. The molecule has 0 atom stereocenters. The third kappa shape index (κ3) is 3.52. The summed E-state index contributed by atoms with van der Waals surface area (Å²) in [5, 5.41) is -8.19. The van der Waals surface area contributed by atoms with Gasteiger partial charge >= 0.3 is 58.2 Å². The van der Waals surface area contributed by atoms with Crippen LogP contribution in [-0.2, 0) is 14.6 Å². The van der Waals surface area contributed by atoms with Gasteiger partial charge in [0.1, 0.15) is 0 Å². The molecule has 4 nitrogen and oxygen atoms in total. The van der Waals surface area contributed by atoms with Crippen molar-refractivity contribution in [2.24, 2.45) is 0 Å². The van der Waals surface area contributed by atoms with Crippen molar-refractivity contribution in [1.82, 2.24) is 0 Å². The van der Waals surface area contributed by atoms with Crippen LogP contribution >= 0.6 is 0 Å². The molecule has 0 aromatic heterocycles. The van der Waals surface area contributed by atoms with Crippen molar-refractivity contribution in [3.63, 3.8) is 0 Å². The van der Waals surface area contributed by atoms with Crippen LogP contribution in [0.1, 0.15) is 0 Å². The molecule has 0 bridgehead atoms. The Morgan fingerprint density at radius 2 is 0.706 bits per heavy atom. The van der Waals surface area contributed by atoms with Gasteiger partial charge in [0.2, 0.25) is 0 Å². The maximum absolute atomic E-state index is 13.3. The summed E-state index contributed by atoms with van der Waals surface area (Å²) in [5.41, 5.74) is 0. The second-order valence-corrected chi connectivity index (χ2v) is 7.82. The van der Waals surface area contributed by atoms with Gasteiger partial charge in [-0.1, -0.05) is 0 Å². The largest absolute Gasteiger partial charge is 0.476 e. The number of rotatable bonds is 9. The fourth-order valence-electron chi connectivity index (χ4n) is 1.59. The van der Waals surface area contributed by atoms with E-state index in [-0.39, 0.29) is 0 Å². The summed E-state index contributed by atoms with van der Waals surface area (Å²) in [6.07, 6.45) is -8.02. The molecule has 34 heavy (non-hydrogen) atoms. The number of carboxylic acids is 1. The number of sulfone groups is 1. The Balaban J connectivity index is 7.18. The molecule has 0 fully saturated rings. The maximum Gasteiger partial charge on any atom is 0.460 e. The molecule has 0 heterocycles. The normalized spacial score (nSPS) is 16.6. The first-order valence-electron chi connectivity index (χ1n) is 6.76. The molecule has 0 amide bonds. The zero-order valence-electron chi connectivity index (χ0n) is 14.3. The van der Waals surface area contributed by atoms with Crippen molar-refractivity contribution < 1.29 is 102 Å². The molecule has 0 saturated carbocycles. The van der Waals surface area contributed by atoms with Crippen LogP contribution < -0.4 is 0 Å². The smallest absolute Gasteiger partial charge is 0.460 e. The van der Waals surface area contributed by atoms with E-state index in [9.17, 15) is 96.6 Å². The Morgan fingerprint density at radius 3 is 0.941 bits per heavy atom. The lowest BCUT2D eigenvalue weighted by atomic mass is 9.91. The molecule has 0 aliphatic rings. The highest BCUT2D eigenvalue weighted by Gasteiger charge is 2.97. The highest BCUT2D eigenvalue weighted by molar-refractivity contribution is 7.94. The molecule has 1 N–H and O–H groups in total. The number of hydrogen-bond donors (Lipinski definition) is 1. The third-order valence-electron chi connectivity index (χ3n) is 3.62. The van der Waals surface area contributed by atoms with Crippen LogP contribution in [0.5, 0.6) is 0 Å². The average molecular weight is 578 g/mol. The third-order valence-corrected chi connectivity index (χ3v) is 5.40. The van der Waals surface area contributed by atoms with E-state index in [1.54, 1.807) is 0 Å². The van der Waals surface area contributed by atoms with Gasteiger partial charge in [-0.25, -0.2) is 13.2 Å². The Morgan fingerprint density at radius 1 is 0.471 bits per heavy atom. The van der Waals surface area contributed by atoms with Crippen molar-refractivity contribution in [3.8, 4) is 0 Å². The molecular formula is C10HF19O4S. The quantitative estimate of drug-likeness (QED) is 0.390. The minimum Gasteiger partial charge on any atom is -0.476 e. The SMILES string of the molecule is O=C(O)C(F)(F)S(=O)(=O)C(F)(F)C(F)(F)C(F)(F)C(F)(F)C(F)(F)C(F)(F)C(F)(F)C(F)(F)F. The molecule has 0 aliphatic carbocycles. The first kappa shape index (κ1) is 32.1. The zero-order chi connectivity index (χ0) is 28.6. The van der Waals surface area contributed by atoms with Crippen LogP contribution in [0, 0.1) is 0 Å². The van der Waals surface area contributed by atoms with Crippen LogP contribution in [-0.4, -0.2) is 71.7 Å². The summed E-state index contributed by atoms with van der Waals surface area (Å²) in [4.78, 5) is 9.93. The van der Waals surface area contributed by atoms with Crippen molar-refractivity contribution in [3.05, 3.63) is 0 Å². The number of hydrogen-bond acceptors (Lipinski definition) is 3. The van der Waals surface area contributed by atoms with E-state index in [4.69, 9.17) is 5.11 Å². The minimum absolute atomic E-state index is 4.39. The van der Waals surface area contributed by atoms with Gasteiger partial charge in [0, 0.05) is 0 Å². The topological polar surface area (TPSA) is 71.4 Å². The number of aliphatic carboxylic acids is 1. The van der Waals surface area contributed by atoms with E-state index in [0.717, 1.165) is 0 Å². The second kappa shape index (κ2) is 7.54. The van der Waals surface area contributed by atoms with E-state index in [0.29, 0.717) is 0 Å². The zero-order valence-corrected chi connectivity index (χ0v) is 15.1. The van der Waals surface area contributed by atoms with Crippen molar-refractivity contribution >= 4 is 15.8 Å². The molecule has 204 valence electrons. The Labute approximate surface area is 171 Å². The first-order valence-corrected chi connectivity index (χ1v) is 8.24. The van der Waals surface area contributed by atoms with Crippen LogP contribution in [0.3, 0.4) is 0 Å². The second-order valence-electron chi connectivity index (χ2n) is 5.79. The molecule has 24 heteroatoms. The van der Waals surface area contributed by atoms with Gasteiger partial charge in [-0.3, -0.25) is 0 Å². The van der Waals surface area contributed by atoms with Gasteiger partial charge in [0.15, 0.2) is 0 Å². The lowest BCUT2D eigenvalue weighted by Gasteiger charge is -2.42. The maximum atomic E-state index is 13.3. The van der Waals surface area contributed by atoms with Gasteiger partial charge < -0.3 is 5.11 Å². The van der Waals surface area contributed by atoms with Gasteiger partial charge in [-0.2, -0.15) is 83.4 Å². The van der Waals surface area contributed by atoms with Gasteiger partial charge in [0.25, 0.3) is 9.84 Å². The molecule has 0 rings (SSSR count). The van der Waals surface area contributed by atoms with Gasteiger partial charge in [-0.05, 0) is 0 Å². The van der Waals surface area contributed by atoms with Crippen LogP contribution in [0.25, 0.3) is 0 Å². The fourth-order valence-corrected chi connectivity index (χ4v) is 2.61. The number of halogens is 19. The Hall–Kier alpha value is -1.91. The average Bonchev–Trinajstić information content (AvgIpc) is 2.58. The van der Waals surface area contributed by atoms with Crippen LogP contribution in [0.2, 0.25) is 0 Å². The molecule has 0 radical (unpaired) electrons. The Bertz CT molecular complexity index is 914. The van der Waals surface area contributed by atoms with E-state index in [2.05, 4.69) is 0 Å². The molecule has 0 aromatic carbocycles. The number of alkyl halides is 19. The molecule has 0 aliphatic heterocycles. The van der Waals surface area contributed by atoms with E-state index < -0.39 is 68.0 Å². The summed E-state index contributed by atoms with van der Waals surface area (Å²) in [6, 6.07) is 0. The van der Waals surface area contributed by atoms with Crippen molar-refractivity contribution in [1.29, 1.82) is 0 Å². The fraction of sp³-hybridized carbons (Fsp3) is 0.900. The lowest BCUT2D eigenvalue weighted by molar-refractivity contribution is -0.458. The van der Waals surface area contributed by atoms with E-state index in [1.165, 1.54) is 0 Å². The molecular weight excluding hydrogens is 577 g/mol. The Kier molecular flexibility index (Phi) is 7.12. The predicted molar refractivity (Wildman–Crippen MR) is 62.2 cm³/mol. The molecule has 0 aromatic rings. The predicted octanol–water partition coefficient (Wildman–Crippen LogP) is 5.05. The van der Waals surface area contributed by atoms with Crippen LogP contribution in [0.15, 0.2) is 0 Å². The monoisotopic (exact) mass is 578 g/mol. The standard InChI is InChI=1S/C10HF19O4S/c11-2(12,1(30)31)34(32,33)10(28,29)8(23,24)6(19,20)4(15,16)3(13,14)5(17,18)7(21,22)9(25,26)27/h(H,30,31). The summed E-state index contributed by atoms with van der Waals surface area (Å²) in [7, 11) is -9.06. The van der Waals surface area contributed by atoms with E-state index in [1.807, 2.05) is 0 Å². The summed E-state index contributed by atoms with van der Waals surface area (Å²) in [5.74, 6) is -58.3. The first-order chi connectivity index (χ1) is 14.2. The number of carbonyl (C=O) groups is 1. The summed E-state index contributed by atoms with van der Waals surface area (Å²) in [6.45, 7) is 0. The van der Waals surface area contributed by atoms with Crippen LogP contribution in [0.4, 0.5) is 83.4 Å². The summed E-state index contributed by atoms with van der Waals surface area (Å²) < 4.78 is 266. The molecule has 0 spiro atoms.